The number of hydrogen-bond donors (Lipinski definition) is 1. The van der Waals surface area contributed by atoms with Gasteiger partial charge in [0.15, 0.2) is 0 Å². The third-order valence-corrected chi connectivity index (χ3v) is 3.08. The summed E-state index contributed by atoms with van der Waals surface area (Å²) in [5.74, 6) is 0. The van der Waals surface area contributed by atoms with E-state index >= 15 is 0 Å². The molecule has 0 amide bonds. The summed E-state index contributed by atoms with van der Waals surface area (Å²) in [6.45, 7) is 3.43. The third kappa shape index (κ3) is 1.28. The fourth-order valence-corrected chi connectivity index (χ4v) is 2.23. The summed E-state index contributed by atoms with van der Waals surface area (Å²) in [7, 11) is 0. The minimum atomic E-state index is -0.0780. The van der Waals surface area contributed by atoms with Crippen molar-refractivity contribution in [2.24, 2.45) is 0 Å². The van der Waals surface area contributed by atoms with Crippen LogP contribution in [0.15, 0.2) is 17.2 Å². The van der Waals surface area contributed by atoms with Gasteiger partial charge < -0.3 is 9.72 Å². The Bertz CT molecular complexity index is 578. The Morgan fingerprint density at radius 1 is 1.62 bits per heavy atom. The average molecular weight is 219 g/mol. The number of nitrogens with zero attached hydrogens (tertiary/aromatic N) is 2. The SMILES string of the molecule is Cc1c[nH]c(=O)c2cnn(C3CCOC3)c12. The lowest BCUT2D eigenvalue weighted by Crippen LogP contribution is -2.12. The van der Waals surface area contributed by atoms with E-state index in [-0.39, 0.29) is 11.6 Å². The zero-order valence-corrected chi connectivity index (χ0v) is 9.06. The Balaban J connectivity index is 2.26. The summed E-state index contributed by atoms with van der Waals surface area (Å²) < 4.78 is 7.28. The second kappa shape index (κ2) is 3.45. The van der Waals surface area contributed by atoms with Crippen molar-refractivity contribution in [2.45, 2.75) is 19.4 Å². The summed E-state index contributed by atoms with van der Waals surface area (Å²) in [6.07, 6.45) is 4.33. The molecule has 3 rings (SSSR count). The minimum Gasteiger partial charge on any atom is -0.379 e. The maximum Gasteiger partial charge on any atom is 0.259 e. The molecule has 5 heteroatoms. The highest BCUT2D eigenvalue weighted by Crippen LogP contribution is 2.23. The van der Waals surface area contributed by atoms with Crippen LogP contribution >= 0.6 is 0 Å². The Morgan fingerprint density at radius 3 is 3.25 bits per heavy atom. The highest BCUT2D eigenvalue weighted by molar-refractivity contribution is 5.80. The van der Waals surface area contributed by atoms with Gasteiger partial charge in [0.2, 0.25) is 0 Å². The number of aryl methyl sites for hydroxylation is 1. The predicted molar refractivity (Wildman–Crippen MR) is 59.6 cm³/mol. The number of nitrogens with one attached hydrogen (secondary N) is 1. The van der Waals surface area contributed by atoms with Gasteiger partial charge in [-0.2, -0.15) is 5.10 Å². The quantitative estimate of drug-likeness (QED) is 0.778. The van der Waals surface area contributed by atoms with E-state index in [9.17, 15) is 4.79 Å². The van der Waals surface area contributed by atoms with Crippen molar-refractivity contribution in [3.63, 3.8) is 0 Å². The van der Waals surface area contributed by atoms with E-state index in [4.69, 9.17) is 4.74 Å². The number of H-pyrrole nitrogens is 1. The maximum atomic E-state index is 11.6. The van der Waals surface area contributed by atoms with Crippen molar-refractivity contribution in [3.05, 3.63) is 28.3 Å². The molecule has 0 saturated carbocycles. The van der Waals surface area contributed by atoms with Crippen LogP contribution in [0.1, 0.15) is 18.0 Å². The monoisotopic (exact) mass is 219 g/mol. The smallest absolute Gasteiger partial charge is 0.259 e. The molecule has 1 unspecified atom stereocenters. The van der Waals surface area contributed by atoms with Crippen LogP contribution in [0.4, 0.5) is 0 Å². The molecule has 0 aromatic carbocycles. The Labute approximate surface area is 92.0 Å². The molecule has 1 aliphatic rings. The average Bonchev–Trinajstić information content (AvgIpc) is 2.90. The van der Waals surface area contributed by atoms with Gasteiger partial charge in [-0.05, 0) is 18.9 Å². The number of aromatic amines is 1. The van der Waals surface area contributed by atoms with Gasteiger partial charge in [0.1, 0.15) is 0 Å². The molecule has 3 heterocycles. The number of ether oxygens (including phenoxy) is 1. The summed E-state index contributed by atoms with van der Waals surface area (Å²) in [5, 5.41) is 4.97. The fraction of sp³-hybridized carbons (Fsp3) is 0.455. The molecule has 0 aliphatic carbocycles. The van der Waals surface area contributed by atoms with Gasteiger partial charge in [0.05, 0.1) is 29.7 Å². The first-order valence-corrected chi connectivity index (χ1v) is 5.40. The normalized spacial score (nSPS) is 20.7. The van der Waals surface area contributed by atoms with Crippen LogP contribution in [0.5, 0.6) is 0 Å². The molecule has 1 fully saturated rings. The lowest BCUT2D eigenvalue weighted by atomic mass is 10.2. The Morgan fingerprint density at radius 2 is 2.50 bits per heavy atom. The Kier molecular flexibility index (Phi) is 2.07. The van der Waals surface area contributed by atoms with Crippen LogP contribution in [0.2, 0.25) is 0 Å². The summed E-state index contributed by atoms with van der Waals surface area (Å²) in [6, 6.07) is 0.262. The molecule has 0 radical (unpaired) electrons. The predicted octanol–water partition coefficient (Wildman–Crippen LogP) is 0.994. The van der Waals surface area contributed by atoms with E-state index in [2.05, 4.69) is 10.1 Å². The summed E-state index contributed by atoms with van der Waals surface area (Å²) in [4.78, 5) is 14.3. The van der Waals surface area contributed by atoms with Gasteiger partial charge in [-0.3, -0.25) is 9.48 Å². The molecular weight excluding hydrogens is 206 g/mol. The van der Waals surface area contributed by atoms with Crippen molar-refractivity contribution in [3.8, 4) is 0 Å². The van der Waals surface area contributed by atoms with Gasteiger partial charge >= 0.3 is 0 Å². The molecule has 0 bridgehead atoms. The second-order valence-electron chi connectivity index (χ2n) is 4.17. The standard InChI is InChI=1S/C11H13N3O2/c1-7-4-12-11(15)9-5-13-14(10(7)9)8-2-3-16-6-8/h4-5,8H,2-3,6H2,1H3,(H,12,15). The Hall–Kier alpha value is -1.62. The molecule has 16 heavy (non-hydrogen) atoms. The maximum absolute atomic E-state index is 11.6. The third-order valence-electron chi connectivity index (χ3n) is 3.08. The van der Waals surface area contributed by atoms with Crippen LogP contribution in [-0.4, -0.2) is 28.0 Å². The molecule has 1 atom stereocenters. The molecular formula is C11H13N3O2. The molecule has 1 aliphatic heterocycles. The molecule has 2 aromatic rings. The highest BCUT2D eigenvalue weighted by Gasteiger charge is 2.21. The molecule has 2 aromatic heterocycles. The lowest BCUT2D eigenvalue weighted by molar-refractivity contribution is 0.185. The number of aromatic nitrogens is 3. The first-order valence-electron chi connectivity index (χ1n) is 5.40. The second-order valence-corrected chi connectivity index (χ2v) is 4.17. The van der Waals surface area contributed by atoms with Crippen LogP contribution in [0.25, 0.3) is 10.9 Å². The van der Waals surface area contributed by atoms with Gasteiger partial charge in [0.25, 0.3) is 5.56 Å². The van der Waals surface area contributed by atoms with Crippen LogP contribution in [0, 0.1) is 6.92 Å². The minimum absolute atomic E-state index is 0.0780. The fourth-order valence-electron chi connectivity index (χ4n) is 2.23. The van der Waals surface area contributed by atoms with E-state index in [1.54, 1.807) is 12.4 Å². The first kappa shape index (κ1) is 9.59. The molecule has 0 spiro atoms. The summed E-state index contributed by atoms with van der Waals surface area (Å²) >= 11 is 0. The van der Waals surface area contributed by atoms with E-state index in [1.807, 2.05) is 11.6 Å². The lowest BCUT2D eigenvalue weighted by Gasteiger charge is -2.10. The highest BCUT2D eigenvalue weighted by atomic mass is 16.5. The van der Waals surface area contributed by atoms with E-state index in [0.717, 1.165) is 24.1 Å². The van der Waals surface area contributed by atoms with Crippen molar-refractivity contribution in [1.29, 1.82) is 0 Å². The van der Waals surface area contributed by atoms with E-state index < -0.39 is 0 Å². The van der Waals surface area contributed by atoms with Crippen molar-refractivity contribution in [1.82, 2.24) is 14.8 Å². The number of fused-ring (bicyclic) bond motifs is 1. The van der Waals surface area contributed by atoms with E-state index in [0.29, 0.717) is 12.0 Å². The molecule has 1 N–H and O–H groups in total. The number of rotatable bonds is 1. The van der Waals surface area contributed by atoms with Gasteiger partial charge in [-0.15, -0.1) is 0 Å². The molecule has 5 nitrogen and oxygen atoms in total. The number of pyridine rings is 1. The van der Waals surface area contributed by atoms with Crippen LogP contribution in [0.3, 0.4) is 0 Å². The zero-order chi connectivity index (χ0) is 11.1. The van der Waals surface area contributed by atoms with Gasteiger partial charge in [-0.25, -0.2) is 0 Å². The number of hydrogen-bond acceptors (Lipinski definition) is 3. The topological polar surface area (TPSA) is 59.9 Å². The van der Waals surface area contributed by atoms with Crippen molar-refractivity contribution < 1.29 is 4.74 Å². The van der Waals surface area contributed by atoms with Gasteiger partial charge in [-0.1, -0.05) is 0 Å². The van der Waals surface area contributed by atoms with E-state index in [1.165, 1.54) is 0 Å². The summed E-state index contributed by atoms with van der Waals surface area (Å²) in [5.41, 5.74) is 1.89. The van der Waals surface area contributed by atoms with Crippen LogP contribution in [-0.2, 0) is 4.74 Å². The zero-order valence-electron chi connectivity index (χ0n) is 9.06. The van der Waals surface area contributed by atoms with Gasteiger partial charge in [0, 0.05) is 12.8 Å². The molecule has 84 valence electrons. The van der Waals surface area contributed by atoms with Crippen molar-refractivity contribution >= 4 is 10.9 Å². The first-order chi connectivity index (χ1) is 7.77. The van der Waals surface area contributed by atoms with Crippen molar-refractivity contribution in [2.75, 3.05) is 13.2 Å². The largest absolute Gasteiger partial charge is 0.379 e. The molecule has 1 saturated heterocycles. The van der Waals surface area contributed by atoms with Crippen LogP contribution < -0.4 is 5.56 Å².